The highest BCUT2D eigenvalue weighted by Gasteiger charge is 2.35. The molecule has 5 heteroatoms. The van der Waals surface area contributed by atoms with Crippen molar-refractivity contribution in [2.75, 3.05) is 6.54 Å². The maximum atomic E-state index is 12.6. The van der Waals surface area contributed by atoms with Gasteiger partial charge in [-0.25, -0.2) is 4.79 Å². The molecule has 1 aliphatic heterocycles. The summed E-state index contributed by atoms with van der Waals surface area (Å²) in [6, 6.07) is 8.91. The summed E-state index contributed by atoms with van der Waals surface area (Å²) in [5.74, 6) is -0.573. The number of amides is 1. The molecule has 1 aliphatic rings. The summed E-state index contributed by atoms with van der Waals surface area (Å²) in [6.07, 6.45) is 5.31. The summed E-state index contributed by atoms with van der Waals surface area (Å²) >= 11 is 0. The van der Waals surface area contributed by atoms with Crippen molar-refractivity contribution in [1.82, 2.24) is 4.90 Å². The lowest BCUT2D eigenvalue weighted by Gasteiger charge is -2.23. The molecule has 1 unspecified atom stereocenters. The molecule has 0 N–H and O–H groups in total. The first kappa shape index (κ1) is 18.6. The largest absolute Gasteiger partial charge is 0.459 e. The van der Waals surface area contributed by atoms with Crippen LogP contribution in [-0.2, 0) is 25.7 Å². The topological polar surface area (TPSA) is 63.7 Å². The first-order valence-corrected chi connectivity index (χ1v) is 8.35. The second-order valence-corrected chi connectivity index (χ2v) is 6.13. The summed E-state index contributed by atoms with van der Waals surface area (Å²) < 4.78 is 5.38. The number of rotatable bonds is 6. The van der Waals surface area contributed by atoms with Crippen molar-refractivity contribution in [3.63, 3.8) is 0 Å². The standard InChI is InChI=1S/C20H23NO4/c1-15(13-22)10-11-16(2)19(23)21-12-6-9-18(21)20(24)25-14-17-7-4-3-5-8-17/h3-5,7-8,10-11,13,18H,6,9,12,14H2,1-2H3. The van der Waals surface area contributed by atoms with Crippen molar-refractivity contribution in [2.45, 2.75) is 39.3 Å². The molecular formula is C20H23NO4. The Morgan fingerprint density at radius 1 is 1.20 bits per heavy atom. The third-order valence-corrected chi connectivity index (χ3v) is 4.13. The molecule has 0 aromatic heterocycles. The summed E-state index contributed by atoms with van der Waals surface area (Å²) in [5.41, 5.74) is 1.94. The number of benzene rings is 1. The highest BCUT2D eigenvalue weighted by Crippen LogP contribution is 2.21. The minimum atomic E-state index is -0.546. The van der Waals surface area contributed by atoms with Crippen molar-refractivity contribution in [2.24, 2.45) is 0 Å². The normalized spacial score (nSPS) is 18.2. The van der Waals surface area contributed by atoms with E-state index >= 15 is 0 Å². The van der Waals surface area contributed by atoms with E-state index in [9.17, 15) is 14.4 Å². The molecule has 0 aliphatic carbocycles. The lowest BCUT2D eigenvalue weighted by molar-refractivity contribution is -0.153. The van der Waals surface area contributed by atoms with Gasteiger partial charge in [-0.05, 0) is 37.8 Å². The number of likely N-dealkylation sites (tertiary alicyclic amines) is 1. The maximum absolute atomic E-state index is 12.6. The molecule has 25 heavy (non-hydrogen) atoms. The van der Waals surface area contributed by atoms with E-state index in [1.807, 2.05) is 30.3 Å². The number of carbonyl (C=O) groups is 3. The van der Waals surface area contributed by atoms with Gasteiger partial charge in [0, 0.05) is 12.1 Å². The Morgan fingerprint density at radius 2 is 1.92 bits per heavy atom. The number of hydrogen-bond acceptors (Lipinski definition) is 4. The number of esters is 1. The molecule has 1 saturated heterocycles. The zero-order chi connectivity index (χ0) is 18.2. The maximum Gasteiger partial charge on any atom is 0.329 e. The predicted molar refractivity (Wildman–Crippen MR) is 94.6 cm³/mol. The van der Waals surface area contributed by atoms with Crippen LogP contribution in [-0.4, -0.2) is 35.6 Å². The van der Waals surface area contributed by atoms with Crippen molar-refractivity contribution in [1.29, 1.82) is 0 Å². The van der Waals surface area contributed by atoms with Crippen LogP contribution >= 0.6 is 0 Å². The van der Waals surface area contributed by atoms with Gasteiger partial charge in [0.05, 0.1) is 0 Å². The van der Waals surface area contributed by atoms with Crippen LogP contribution in [0.1, 0.15) is 32.3 Å². The van der Waals surface area contributed by atoms with E-state index < -0.39 is 6.04 Å². The predicted octanol–water partition coefficient (Wildman–Crippen LogP) is 2.81. The van der Waals surface area contributed by atoms with Crippen molar-refractivity contribution in [3.8, 4) is 0 Å². The SMILES string of the molecule is CC(C=O)=CC=C(C)C(=O)N1CCCC1C(=O)OCc1ccccc1. The second kappa shape index (κ2) is 8.97. The van der Waals surface area contributed by atoms with E-state index in [2.05, 4.69) is 0 Å². The van der Waals surface area contributed by atoms with Gasteiger partial charge in [-0.2, -0.15) is 0 Å². The van der Waals surface area contributed by atoms with Crippen LogP contribution in [0.25, 0.3) is 0 Å². The number of aldehydes is 1. The minimum Gasteiger partial charge on any atom is -0.459 e. The number of nitrogens with zero attached hydrogens (tertiary/aromatic N) is 1. The molecule has 132 valence electrons. The molecule has 1 heterocycles. The molecular weight excluding hydrogens is 318 g/mol. The number of hydrogen-bond donors (Lipinski definition) is 0. The van der Waals surface area contributed by atoms with Crippen LogP contribution in [0.5, 0.6) is 0 Å². The number of ether oxygens (including phenoxy) is 1. The third-order valence-electron chi connectivity index (χ3n) is 4.13. The lowest BCUT2D eigenvalue weighted by Crippen LogP contribution is -2.41. The number of carbonyl (C=O) groups excluding carboxylic acids is 3. The van der Waals surface area contributed by atoms with Crippen LogP contribution < -0.4 is 0 Å². The van der Waals surface area contributed by atoms with Crippen LogP contribution in [0, 0.1) is 0 Å². The molecule has 1 atom stereocenters. The fourth-order valence-corrected chi connectivity index (χ4v) is 2.67. The average molecular weight is 341 g/mol. The van der Waals surface area contributed by atoms with Crippen LogP contribution in [0.3, 0.4) is 0 Å². The molecule has 2 rings (SSSR count). The van der Waals surface area contributed by atoms with Gasteiger partial charge >= 0.3 is 5.97 Å². The van der Waals surface area contributed by atoms with Crippen LogP contribution in [0.15, 0.2) is 53.6 Å². The molecule has 0 radical (unpaired) electrons. The van der Waals surface area contributed by atoms with Crippen molar-refractivity contribution < 1.29 is 19.1 Å². The molecule has 5 nitrogen and oxygen atoms in total. The van der Waals surface area contributed by atoms with E-state index in [1.165, 1.54) is 0 Å². The Bertz CT molecular complexity index is 691. The minimum absolute atomic E-state index is 0.200. The lowest BCUT2D eigenvalue weighted by atomic mass is 10.1. The second-order valence-electron chi connectivity index (χ2n) is 6.13. The molecule has 1 aromatic carbocycles. The third kappa shape index (κ3) is 5.14. The van der Waals surface area contributed by atoms with E-state index in [0.717, 1.165) is 18.3 Å². The Morgan fingerprint density at radius 3 is 2.60 bits per heavy atom. The van der Waals surface area contributed by atoms with Gasteiger partial charge in [0.1, 0.15) is 18.9 Å². The van der Waals surface area contributed by atoms with E-state index in [1.54, 1.807) is 30.9 Å². The van der Waals surface area contributed by atoms with E-state index in [4.69, 9.17) is 4.74 Å². The quantitative estimate of drug-likeness (QED) is 0.345. The average Bonchev–Trinajstić information content (AvgIpc) is 3.13. The summed E-state index contributed by atoms with van der Waals surface area (Å²) in [7, 11) is 0. The molecule has 1 fully saturated rings. The summed E-state index contributed by atoms with van der Waals surface area (Å²) in [6.45, 7) is 4.09. The van der Waals surface area contributed by atoms with Gasteiger partial charge in [0.2, 0.25) is 5.91 Å². The highest BCUT2D eigenvalue weighted by atomic mass is 16.5. The fourth-order valence-electron chi connectivity index (χ4n) is 2.67. The van der Waals surface area contributed by atoms with Gasteiger partial charge in [-0.3, -0.25) is 9.59 Å². The van der Waals surface area contributed by atoms with Crippen LogP contribution in [0.4, 0.5) is 0 Å². The van der Waals surface area contributed by atoms with Crippen molar-refractivity contribution in [3.05, 3.63) is 59.2 Å². The number of allylic oxidation sites excluding steroid dienone is 3. The van der Waals surface area contributed by atoms with Gasteiger partial charge in [-0.1, -0.05) is 42.5 Å². The fraction of sp³-hybridized carbons (Fsp3) is 0.350. The van der Waals surface area contributed by atoms with Crippen molar-refractivity contribution >= 4 is 18.2 Å². The molecule has 0 saturated carbocycles. The Hall–Kier alpha value is -2.69. The summed E-state index contributed by atoms with van der Waals surface area (Å²) in [5, 5.41) is 0. The van der Waals surface area contributed by atoms with Gasteiger partial charge in [0.25, 0.3) is 0 Å². The Balaban J connectivity index is 1.99. The zero-order valence-corrected chi connectivity index (χ0v) is 14.6. The summed E-state index contributed by atoms with van der Waals surface area (Å²) in [4.78, 5) is 37.1. The molecule has 1 aromatic rings. The smallest absolute Gasteiger partial charge is 0.329 e. The van der Waals surface area contributed by atoms with Gasteiger partial charge in [0.15, 0.2) is 0 Å². The zero-order valence-electron chi connectivity index (χ0n) is 14.6. The first-order valence-electron chi connectivity index (χ1n) is 8.35. The monoisotopic (exact) mass is 341 g/mol. The van der Waals surface area contributed by atoms with Crippen LogP contribution in [0.2, 0.25) is 0 Å². The van der Waals surface area contributed by atoms with Gasteiger partial charge < -0.3 is 9.64 Å². The van der Waals surface area contributed by atoms with Gasteiger partial charge in [-0.15, -0.1) is 0 Å². The van der Waals surface area contributed by atoms with E-state index in [-0.39, 0.29) is 18.5 Å². The Kier molecular flexibility index (Phi) is 6.69. The molecule has 0 bridgehead atoms. The molecule has 1 amide bonds. The van der Waals surface area contributed by atoms with E-state index in [0.29, 0.717) is 24.1 Å². The molecule has 0 spiro atoms. The Labute approximate surface area is 148 Å². The first-order chi connectivity index (χ1) is 12.0. The highest BCUT2D eigenvalue weighted by molar-refractivity contribution is 5.96.